The molecule has 0 aliphatic carbocycles. The minimum Gasteiger partial charge on any atom is -0.450 e. The molecule has 8 heteroatoms. The molecule has 2 aromatic heterocycles. The van der Waals surface area contributed by atoms with Gasteiger partial charge in [0.15, 0.2) is 0 Å². The lowest BCUT2D eigenvalue weighted by atomic mass is 10.4. The molecule has 2 heterocycles. The first-order chi connectivity index (χ1) is 9.69. The maximum absolute atomic E-state index is 11.0. The molecule has 0 radical (unpaired) electrons. The van der Waals surface area contributed by atoms with Gasteiger partial charge in [-0.15, -0.1) is 0 Å². The van der Waals surface area contributed by atoms with Crippen molar-refractivity contribution in [1.29, 1.82) is 5.26 Å². The molecule has 0 aliphatic heterocycles. The Morgan fingerprint density at radius 2 is 2.15 bits per heavy atom. The summed E-state index contributed by atoms with van der Waals surface area (Å²) >= 11 is 4.90. The number of pyridine rings is 1. The van der Waals surface area contributed by atoms with Crippen LogP contribution in [0.4, 0.5) is 9.80 Å². The van der Waals surface area contributed by atoms with E-state index in [1.54, 1.807) is 19.3 Å². The second-order valence-electron chi connectivity index (χ2n) is 3.14. The first-order valence-electron chi connectivity index (χ1n) is 5.51. The van der Waals surface area contributed by atoms with Crippen molar-refractivity contribution in [3.05, 3.63) is 40.0 Å². The van der Waals surface area contributed by atoms with E-state index in [0.717, 1.165) is 0 Å². The number of aromatic nitrogens is 1. The molecule has 0 unspecified atom stereocenters. The van der Waals surface area contributed by atoms with Gasteiger partial charge < -0.3 is 4.74 Å². The number of rotatable bonds is 2. The minimum absolute atomic E-state index is 0.295. The average Bonchev–Trinajstić information content (AvgIpc) is 2.82. The Hall–Kier alpha value is -1.82. The van der Waals surface area contributed by atoms with E-state index in [4.69, 9.17) is 17.5 Å². The molecular weight excluding hydrogens is 314 g/mol. The number of carbonyl (C=O) groups excluding carboxylic acids is 1. The van der Waals surface area contributed by atoms with Gasteiger partial charge in [-0.25, -0.2) is 4.79 Å². The van der Waals surface area contributed by atoms with Crippen molar-refractivity contribution in [3.63, 3.8) is 0 Å². The molecular formula is C12H11N3O2S3. The third-order valence-corrected chi connectivity index (χ3v) is 4.73. The summed E-state index contributed by atoms with van der Waals surface area (Å²) in [6.07, 6.45) is 2.94. The molecule has 0 atom stereocenters. The van der Waals surface area contributed by atoms with Crippen LogP contribution in [-0.2, 0) is 4.74 Å². The van der Waals surface area contributed by atoms with Crippen molar-refractivity contribution in [2.24, 2.45) is 0 Å². The Bertz CT molecular complexity index is 605. The number of carbonyl (C=O) groups is 1. The highest BCUT2D eigenvalue weighted by Crippen LogP contribution is 2.29. The van der Waals surface area contributed by atoms with Crippen LogP contribution in [0.2, 0.25) is 0 Å². The van der Waals surface area contributed by atoms with Crippen molar-refractivity contribution in [3.8, 4) is 6.07 Å². The standard InChI is InChI=1S/C7H6N2O2S3.C5H5N/c1-2-11-7(10)9-5-4(3-8)6(12)14-13-5;1-2-4-6-5-3-1/h2H2,1H3,(H,9,10);1-5H. The molecule has 0 spiro atoms. The Labute approximate surface area is 128 Å². The van der Waals surface area contributed by atoms with Crippen LogP contribution in [0.3, 0.4) is 0 Å². The molecule has 2 aromatic rings. The van der Waals surface area contributed by atoms with E-state index in [1.807, 2.05) is 24.3 Å². The van der Waals surface area contributed by atoms with Gasteiger partial charge in [0.05, 0.1) is 6.61 Å². The summed E-state index contributed by atoms with van der Waals surface area (Å²) in [5.74, 6) is 0. The molecule has 5 nitrogen and oxygen atoms in total. The lowest BCUT2D eigenvalue weighted by Crippen LogP contribution is -2.12. The van der Waals surface area contributed by atoms with E-state index in [0.29, 0.717) is 21.0 Å². The summed E-state index contributed by atoms with van der Waals surface area (Å²) in [7, 11) is 2.54. The summed E-state index contributed by atoms with van der Waals surface area (Å²) in [5.41, 5.74) is 0.336. The van der Waals surface area contributed by atoms with Crippen LogP contribution in [0.25, 0.3) is 0 Å². The molecule has 0 saturated heterocycles. The van der Waals surface area contributed by atoms with Crippen molar-refractivity contribution in [1.82, 2.24) is 4.98 Å². The van der Waals surface area contributed by atoms with Crippen LogP contribution in [0.1, 0.15) is 12.5 Å². The number of nitrogens with one attached hydrogen (secondary N) is 1. The largest absolute Gasteiger partial charge is 0.450 e. The number of anilines is 1. The zero-order valence-corrected chi connectivity index (χ0v) is 13.0. The van der Waals surface area contributed by atoms with Gasteiger partial charge >= 0.3 is 6.09 Å². The smallest absolute Gasteiger partial charge is 0.412 e. The zero-order valence-electron chi connectivity index (χ0n) is 10.5. The lowest BCUT2D eigenvalue weighted by molar-refractivity contribution is 0.168. The molecule has 1 amide bonds. The molecule has 0 saturated carbocycles. The highest BCUT2D eigenvalue weighted by atomic mass is 32.9. The SMILES string of the molecule is CCOC(=O)Nc1ssc(=S)c1C#N.c1ccncc1. The second kappa shape index (κ2) is 9.14. The van der Waals surface area contributed by atoms with Crippen LogP contribution in [0.15, 0.2) is 30.6 Å². The fourth-order valence-electron chi connectivity index (χ4n) is 1.01. The summed E-state index contributed by atoms with van der Waals surface area (Å²) in [6, 6.07) is 7.65. The van der Waals surface area contributed by atoms with Crippen LogP contribution in [0.5, 0.6) is 0 Å². The van der Waals surface area contributed by atoms with Gasteiger partial charge in [-0.05, 0) is 19.1 Å². The lowest BCUT2D eigenvalue weighted by Gasteiger charge is -2.01. The number of nitriles is 1. The molecule has 0 aliphatic rings. The Balaban J connectivity index is 0.000000276. The molecule has 1 N–H and O–H groups in total. The number of ether oxygens (including phenoxy) is 1. The summed E-state index contributed by atoms with van der Waals surface area (Å²) < 4.78 is 5.16. The van der Waals surface area contributed by atoms with Gasteiger partial charge in [-0.3, -0.25) is 10.3 Å². The Morgan fingerprint density at radius 3 is 2.60 bits per heavy atom. The highest BCUT2D eigenvalue weighted by molar-refractivity contribution is 7.80. The van der Waals surface area contributed by atoms with Crippen molar-refractivity contribution < 1.29 is 9.53 Å². The summed E-state index contributed by atoms with van der Waals surface area (Å²) in [5, 5.41) is 11.7. The fraction of sp³-hybridized carbons (Fsp3) is 0.167. The maximum Gasteiger partial charge on any atom is 0.412 e. The van der Waals surface area contributed by atoms with Gasteiger partial charge in [-0.2, -0.15) is 5.26 Å². The number of nitrogens with zero attached hydrogens (tertiary/aromatic N) is 2. The summed E-state index contributed by atoms with van der Waals surface area (Å²) in [4.78, 5) is 14.8. The Morgan fingerprint density at radius 1 is 1.45 bits per heavy atom. The number of amides is 1. The van der Waals surface area contributed by atoms with E-state index < -0.39 is 6.09 Å². The van der Waals surface area contributed by atoms with Crippen LogP contribution >= 0.6 is 32.9 Å². The van der Waals surface area contributed by atoms with Crippen molar-refractivity contribution in [2.75, 3.05) is 11.9 Å². The molecule has 0 fully saturated rings. The average molecular weight is 325 g/mol. The zero-order chi connectivity index (χ0) is 14.8. The topological polar surface area (TPSA) is 75.0 Å². The van der Waals surface area contributed by atoms with E-state index in [9.17, 15) is 4.79 Å². The van der Waals surface area contributed by atoms with Gasteiger partial charge in [0, 0.05) is 12.4 Å². The van der Waals surface area contributed by atoms with E-state index in [1.165, 1.54) is 20.7 Å². The molecule has 104 valence electrons. The number of hydrogen-bond acceptors (Lipinski definition) is 7. The van der Waals surface area contributed by atoms with Crippen LogP contribution in [-0.4, -0.2) is 17.7 Å². The maximum atomic E-state index is 11.0. The third kappa shape index (κ3) is 5.44. The van der Waals surface area contributed by atoms with Crippen LogP contribution < -0.4 is 5.32 Å². The van der Waals surface area contributed by atoms with Crippen molar-refractivity contribution in [2.45, 2.75) is 6.92 Å². The van der Waals surface area contributed by atoms with Gasteiger partial charge in [-0.1, -0.05) is 39.0 Å². The van der Waals surface area contributed by atoms with E-state index in [2.05, 4.69) is 15.0 Å². The minimum atomic E-state index is -0.562. The first-order valence-corrected chi connectivity index (χ1v) is 8.06. The van der Waals surface area contributed by atoms with Gasteiger partial charge in [0.2, 0.25) is 0 Å². The fourth-order valence-corrected chi connectivity index (χ4v) is 3.44. The monoisotopic (exact) mass is 325 g/mol. The Kier molecular flexibility index (Phi) is 7.42. The quantitative estimate of drug-likeness (QED) is 0.665. The van der Waals surface area contributed by atoms with Gasteiger partial charge in [0.25, 0.3) is 0 Å². The van der Waals surface area contributed by atoms with Crippen LogP contribution in [0, 0.1) is 15.2 Å². The van der Waals surface area contributed by atoms with E-state index in [-0.39, 0.29) is 0 Å². The van der Waals surface area contributed by atoms with E-state index >= 15 is 0 Å². The first kappa shape index (κ1) is 16.2. The number of hydrogen-bond donors (Lipinski definition) is 1. The highest BCUT2D eigenvalue weighted by Gasteiger charge is 2.11. The van der Waals surface area contributed by atoms with Gasteiger partial charge in [0.1, 0.15) is 20.5 Å². The third-order valence-electron chi connectivity index (χ3n) is 1.80. The second-order valence-corrected chi connectivity index (χ2v) is 5.96. The normalized spacial score (nSPS) is 8.80. The molecule has 2 rings (SSSR count). The van der Waals surface area contributed by atoms with Crippen molar-refractivity contribution >= 4 is 44.0 Å². The molecule has 0 bridgehead atoms. The molecule has 20 heavy (non-hydrogen) atoms. The predicted molar refractivity (Wildman–Crippen MR) is 82.6 cm³/mol. The predicted octanol–water partition coefficient (Wildman–Crippen LogP) is 4.06. The molecule has 0 aromatic carbocycles. The summed E-state index contributed by atoms with van der Waals surface area (Å²) in [6.45, 7) is 2.00.